The van der Waals surface area contributed by atoms with E-state index in [1.165, 1.54) is 50.6 Å². The van der Waals surface area contributed by atoms with Crippen molar-refractivity contribution < 1.29 is 0 Å². The van der Waals surface area contributed by atoms with Gasteiger partial charge in [0.2, 0.25) is 0 Å². The van der Waals surface area contributed by atoms with Gasteiger partial charge in [0.1, 0.15) is 0 Å². The topological polar surface area (TPSA) is 6.48 Å². The fourth-order valence-electron chi connectivity index (χ4n) is 6.30. The average molecular weight is 547 g/mol. The van der Waals surface area contributed by atoms with Gasteiger partial charge in [-0.15, -0.1) is 0 Å². The van der Waals surface area contributed by atoms with Crippen LogP contribution in [0, 0.1) is 27.7 Å². The highest BCUT2D eigenvalue weighted by atomic mass is 15.2. The SMILES string of the molecule is Cc1ccc(N(C2=CCC(c3ccccc3)(N(c3ccccc3)c3ccc(C)cc3C)C=C2)c2ccccc2)c(C)c1. The molecule has 2 nitrogen and oxygen atoms in total. The summed E-state index contributed by atoms with van der Waals surface area (Å²) in [4.78, 5) is 4.93. The largest absolute Gasteiger partial charge is 0.327 e. The van der Waals surface area contributed by atoms with Crippen molar-refractivity contribution >= 4 is 22.7 Å². The Hall–Kier alpha value is -4.82. The van der Waals surface area contributed by atoms with Gasteiger partial charge >= 0.3 is 0 Å². The maximum absolute atomic E-state index is 2.53. The minimum Gasteiger partial charge on any atom is -0.327 e. The molecule has 208 valence electrons. The van der Waals surface area contributed by atoms with Crippen molar-refractivity contribution in [3.05, 3.63) is 179 Å². The number of benzene rings is 5. The Morgan fingerprint density at radius 2 is 1.07 bits per heavy atom. The smallest absolute Gasteiger partial charge is 0.0925 e. The number of nitrogens with zero attached hydrogens (tertiary/aromatic N) is 2. The van der Waals surface area contributed by atoms with Crippen LogP contribution in [0.25, 0.3) is 0 Å². The first kappa shape index (κ1) is 27.4. The van der Waals surface area contributed by atoms with E-state index < -0.39 is 5.54 Å². The zero-order valence-corrected chi connectivity index (χ0v) is 25.0. The fraction of sp³-hybridized carbons (Fsp3) is 0.150. The first-order valence-corrected chi connectivity index (χ1v) is 14.8. The van der Waals surface area contributed by atoms with Crippen LogP contribution in [0.15, 0.2) is 151 Å². The lowest BCUT2D eigenvalue weighted by molar-refractivity contribution is 0.543. The molecule has 0 N–H and O–H groups in total. The lowest BCUT2D eigenvalue weighted by Crippen LogP contribution is -2.43. The zero-order chi connectivity index (χ0) is 29.1. The lowest BCUT2D eigenvalue weighted by Gasteiger charge is -2.46. The number of aryl methyl sites for hydroxylation is 4. The normalized spacial score (nSPS) is 16.1. The first-order chi connectivity index (χ1) is 20.5. The van der Waals surface area contributed by atoms with Crippen molar-refractivity contribution in [2.45, 2.75) is 39.7 Å². The molecule has 5 aromatic rings. The summed E-state index contributed by atoms with van der Waals surface area (Å²) < 4.78 is 0. The molecule has 1 aliphatic carbocycles. The molecule has 0 amide bonds. The van der Waals surface area contributed by atoms with Crippen LogP contribution in [-0.4, -0.2) is 0 Å². The first-order valence-electron chi connectivity index (χ1n) is 14.8. The summed E-state index contributed by atoms with van der Waals surface area (Å²) in [7, 11) is 0. The molecule has 0 radical (unpaired) electrons. The minimum atomic E-state index is -0.420. The second kappa shape index (κ2) is 11.6. The molecule has 1 aliphatic rings. The Kier molecular flexibility index (Phi) is 7.54. The third-order valence-electron chi connectivity index (χ3n) is 8.30. The van der Waals surface area contributed by atoms with Crippen LogP contribution in [0.3, 0.4) is 0 Å². The van der Waals surface area contributed by atoms with Gasteiger partial charge in [0.05, 0.1) is 5.54 Å². The van der Waals surface area contributed by atoms with Crippen molar-refractivity contribution in [3.63, 3.8) is 0 Å². The molecule has 0 saturated heterocycles. The van der Waals surface area contributed by atoms with Crippen LogP contribution in [-0.2, 0) is 5.54 Å². The number of para-hydroxylation sites is 2. The van der Waals surface area contributed by atoms with Gasteiger partial charge in [0, 0.05) is 28.4 Å². The van der Waals surface area contributed by atoms with Crippen LogP contribution >= 0.6 is 0 Å². The molecule has 1 unspecified atom stereocenters. The van der Waals surface area contributed by atoms with Crippen LogP contribution < -0.4 is 9.80 Å². The van der Waals surface area contributed by atoms with E-state index >= 15 is 0 Å². The molecular formula is C40H38N2. The van der Waals surface area contributed by atoms with Crippen LogP contribution in [0.5, 0.6) is 0 Å². The van der Waals surface area contributed by atoms with Crippen LogP contribution in [0.4, 0.5) is 22.7 Å². The quantitative estimate of drug-likeness (QED) is 0.200. The Labute approximate surface area is 250 Å². The summed E-state index contributed by atoms with van der Waals surface area (Å²) >= 11 is 0. The number of rotatable bonds is 7. The van der Waals surface area contributed by atoms with E-state index in [1.807, 2.05) is 0 Å². The maximum atomic E-state index is 2.53. The summed E-state index contributed by atoms with van der Waals surface area (Å²) in [5, 5.41) is 0. The van der Waals surface area contributed by atoms with Gasteiger partial charge in [-0.2, -0.15) is 0 Å². The zero-order valence-electron chi connectivity index (χ0n) is 25.0. The van der Waals surface area contributed by atoms with E-state index in [4.69, 9.17) is 0 Å². The van der Waals surface area contributed by atoms with E-state index in [2.05, 4.69) is 183 Å². The van der Waals surface area contributed by atoms with Gasteiger partial charge in [-0.1, -0.05) is 114 Å². The van der Waals surface area contributed by atoms with E-state index in [9.17, 15) is 0 Å². The minimum absolute atomic E-state index is 0.420. The van der Waals surface area contributed by atoms with E-state index in [-0.39, 0.29) is 0 Å². The second-order valence-electron chi connectivity index (χ2n) is 11.4. The van der Waals surface area contributed by atoms with E-state index in [0.717, 1.165) is 12.1 Å². The van der Waals surface area contributed by atoms with Crippen LogP contribution in [0.2, 0.25) is 0 Å². The molecular weight excluding hydrogens is 508 g/mol. The van der Waals surface area contributed by atoms with E-state index in [0.29, 0.717) is 0 Å². The predicted molar refractivity (Wildman–Crippen MR) is 179 cm³/mol. The van der Waals surface area contributed by atoms with Crippen molar-refractivity contribution in [1.82, 2.24) is 0 Å². The number of allylic oxidation sites excluding steroid dienone is 1. The molecule has 0 aromatic heterocycles. The Morgan fingerprint density at radius 1 is 0.548 bits per heavy atom. The molecule has 0 bridgehead atoms. The molecule has 0 saturated carbocycles. The second-order valence-corrected chi connectivity index (χ2v) is 11.4. The molecule has 0 spiro atoms. The van der Waals surface area contributed by atoms with Crippen molar-refractivity contribution in [2.24, 2.45) is 0 Å². The summed E-state index contributed by atoms with van der Waals surface area (Å²) in [6.07, 6.45) is 7.96. The summed E-state index contributed by atoms with van der Waals surface area (Å²) in [5.41, 5.74) is 11.8. The molecule has 0 fully saturated rings. The molecule has 2 heteroatoms. The molecule has 5 aromatic carbocycles. The highest BCUT2D eigenvalue weighted by Gasteiger charge is 2.39. The van der Waals surface area contributed by atoms with Crippen LogP contribution in [0.1, 0.15) is 34.2 Å². The highest BCUT2D eigenvalue weighted by molar-refractivity contribution is 5.75. The standard InChI is InChI=1S/C40H38N2/c1-30-20-22-38(32(3)28-30)41(35-16-10-6-11-17-35)36-24-26-40(27-25-36,34-14-8-5-9-15-34)42(37-18-12-7-13-19-37)39-23-21-31(2)29-33(39)4/h5-26,28-29H,27H2,1-4H3. The summed E-state index contributed by atoms with van der Waals surface area (Å²) in [6.45, 7) is 8.75. The number of hydrogen-bond acceptors (Lipinski definition) is 2. The van der Waals surface area contributed by atoms with Gasteiger partial charge in [-0.05, 0) is 93.3 Å². The highest BCUT2D eigenvalue weighted by Crippen LogP contribution is 2.47. The Balaban J connectivity index is 1.53. The Bertz CT molecular complexity index is 1740. The summed E-state index contributed by atoms with van der Waals surface area (Å²) in [6, 6.07) is 46.0. The van der Waals surface area contributed by atoms with Gasteiger partial charge < -0.3 is 9.80 Å². The van der Waals surface area contributed by atoms with E-state index in [1.54, 1.807) is 0 Å². The lowest BCUT2D eigenvalue weighted by atomic mass is 9.80. The predicted octanol–water partition coefficient (Wildman–Crippen LogP) is 10.6. The maximum Gasteiger partial charge on any atom is 0.0925 e. The monoisotopic (exact) mass is 546 g/mol. The van der Waals surface area contributed by atoms with Crippen molar-refractivity contribution in [1.29, 1.82) is 0 Å². The van der Waals surface area contributed by atoms with Gasteiger partial charge in [0.25, 0.3) is 0 Å². The average Bonchev–Trinajstić information content (AvgIpc) is 3.02. The molecule has 0 heterocycles. The molecule has 0 aliphatic heterocycles. The van der Waals surface area contributed by atoms with Crippen molar-refractivity contribution in [3.8, 4) is 0 Å². The number of hydrogen-bond donors (Lipinski definition) is 0. The fourth-order valence-corrected chi connectivity index (χ4v) is 6.30. The number of anilines is 4. The van der Waals surface area contributed by atoms with Gasteiger partial charge in [0.15, 0.2) is 0 Å². The molecule has 42 heavy (non-hydrogen) atoms. The Morgan fingerprint density at radius 3 is 1.60 bits per heavy atom. The molecule has 6 rings (SSSR count). The molecule has 1 atom stereocenters. The van der Waals surface area contributed by atoms with Gasteiger partial charge in [-0.25, -0.2) is 0 Å². The third kappa shape index (κ3) is 5.17. The third-order valence-corrected chi connectivity index (χ3v) is 8.30. The van der Waals surface area contributed by atoms with Gasteiger partial charge in [-0.3, -0.25) is 0 Å². The summed E-state index contributed by atoms with van der Waals surface area (Å²) in [5.74, 6) is 0. The van der Waals surface area contributed by atoms with Crippen molar-refractivity contribution in [2.75, 3.05) is 9.80 Å².